The molecule has 1 N–H and O–H groups in total. The molecule has 0 aromatic heterocycles. The Morgan fingerprint density at radius 2 is 2.00 bits per heavy atom. The summed E-state index contributed by atoms with van der Waals surface area (Å²) in [6, 6.07) is 0.0897. The van der Waals surface area contributed by atoms with Gasteiger partial charge in [0.1, 0.15) is 11.4 Å². The van der Waals surface area contributed by atoms with Gasteiger partial charge in [0.25, 0.3) is 0 Å². The highest BCUT2D eigenvalue weighted by molar-refractivity contribution is 5.68. The maximum atomic E-state index is 13.8. The predicted octanol–water partition coefficient (Wildman–Crippen LogP) is 5.34. The average molecular weight is 333 g/mol. The topological polar surface area (TPSA) is 38.3 Å². The molecule has 132 valence electrons. The number of alkyl carbamates (subject to hydrolysis) is 1. The van der Waals surface area contributed by atoms with Crippen LogP contribution in [0.3, 0.4) is 0 Å². The molecule has 24 heavy (non-hydrogen) atoms. The van der Waals surface area contributed by atoms with Gasteiger partial charge in [0.2, 0.25) is 0 Å². The molecule has 3 aliphatic rings. The fourth-order valence-electron chi connectivity index (χ4n) is 4.11. The summed E-state index contributed by atoms with van der Waals surface area (Å²) in [6.07, 6.45) is 9.84. The number of rotatable bonds is 1. The molecule has 3 aliphatic carbocycles. The number of amides is 1. The highest BCUT2D eigenvalue weighted by Gasteiger charge is 2.33. The van der Waals surface area contributed by atoms with Crippen molar-refractivity contribution in [3.63, 3.8) is 0 Å². The van der Waals surface area contributed by atoms with E-state index in [2.05, 4.69) is 5.32 Å². The van der Waals surface area contributed by atoms with Gasteiger partial charge in [0.05, 0.1) is 0 Å². The Morgan fingerprint density at radius 3 is 2.75 bits per heavy atom. The van der Waals surface area contributed by atoms with Crippen LogP contribution in [0, 0.1) is 5.92 Å². The molecule has 0 heterocycles. The lowest BCUT2D eigenvalue weighted by Gasteiger charge is -2.33. The van der Waals surface area contributed by atoms with Crippen LogP contribution in [0.25, 0.3) is 0 Å². The first-order valence-corrected chi connectivity index (χ1v) is 9.07. The van der Waals surface area contributed by atoms with E-state index in [0.717, 1.165) is 38.5 Å². The van der Waals surface area contributed by atoms with Crippen LogP contribution >= 0.6 is 0 Å². The Morgan fingerprint density at radius 1 is 1.21 bits per heavy atom. The van der Waals surface area contributed by atoms with Gasteiger partial charge in [0, 0.05) is 18.4 Å². The number of halogens is 1. The molecular formula is C20H28FNO2. The molecule has 0 saturated heterocycles. The van der Waals surface area contributed by atoms with Crippen LogP contribution in [0.1, 0.15) is 65.7 Å². The van der Waals surface area contributed by atoms with Crippen molar-refractivity contribution in [1.82, 2.24) is 5.32 Å². The van der Waals surface area contributed by atoms with Gasteiger partial charge in [-0.05, 0) is 65.4 Å². The molecule has 0 aliphatic heterocycles. The number of hydrogen-bond acceptors (Lipinski definition) is 2. The Kier molecular flexibility index (Phi) is 4.84. The normalized spacial score (nSPS) is 27.3. The first-order valence-electron chi connectivity index (χ1n) is 9.07. The standard InChI is InChI=1S/C20H28FNO2/c1-20(2,3)24-19(23)22-16-10-8-14-6-4-5-13-7-9-15(21)11-17(13)18(14)12-16/h7,9,16-17H,4-6,8,10-12H2,1-3H3,(H,22,23)/t16-,17?/m1/s1. The van der Waals surface area contributed by atoms with Crippen LogP contribution in [0.15, 0.2) is 34.7 Å². The van der Waals surface area contributed by atoms with Crippen LogP contribution in [0.5, 0.6) is 0 Å². The molecule has 0 spiro atoms. The van der Waals surface area contributed by atoms with E-state index in [1.54, 1.807) is 6.08 Å². The molecule has 3 nitrogen and oxygen atoms in total. The van der Waals surface area contributed by atoms with Crippen molar-refractivity contribution in [2.24, 2.45) is 5.92 Å². The fraction of sp³-hybridized carbons (Fsp3) is 0.650. The molecule has 0 fully saturated rings. The lowest BCUT2D eigenvalue weighted by Crippen LogP contribution is -2.41. The molecule has 0 aromatic carbocycles. The third-order valence-corrected chi connectivity index (χ3v) is 5.13. The van der Waals surface area contributed by atoms with Gasteiger partial charge in [0.15, 0.2) is 0 Å². The van der Waals surface area contributed by atoms with E-state index in [1.165, 1.54) is 16.7 Å². The van der Waals surface area contributed by atoms with Crippen LogP contribution in [-0.4, -0.2) is 17.7 Å². The second-order valence-corrected chi connectivity index (χ2v) is 8.18. The van der Waals surface area contributed by atoms with Crippen LogP contribution < -0.4 is 5.32 Å². The number of ether oxygens (including phenoxy) is 1. The summed E-state index contributed by atoms with van der Waals surface area (Å²) in [5, 5.41) is 3.01. The number of carbonyl (C=O) groups excluding carboxylic acids is 1. The summed E-state index contributed by atoms with van der Waals surface area (Å²) < 4.78 is 19.2. The summed E-state index contributed by atoms with van der Waals surface area (Å²) in [7, 11) is 0. The smallest absolute Gasteiger partial charge is 0.407 e. The zero-order chi connectivity index (χ0) is 17.3. The number of nitrogens with one attached hydrogen (secondary N) is 1. The molecule has 0 aromatic rings. The van der Waals surface area contributed by atoms with E-state index in [9.17, 15) is 9.18 Å². The lowest BCUT2D eigenvalue weighted by molar-refractivity contribution is 0.0499. The van der Waals surface area contributed by atoms with E-state index >= 15 is 0 Å². The Bertz CT molecular complexity index is 610. The zero-order valence-corrected chi connectivity index (χ0v) is 15.0. The highest BCUT2D eigenvalue weighted by atomic mass is 19.1. The van der Waals surface area contributed by atoms with Crippen molar-refractivity contribution in [1.29, 1.82) is 0 Å². The van der Waals surface area contributed by atoms with Gasteiger partial charge in [-0.1, -0.05) is 22.8 Å². The van der Waals surface area contributed by atoms with E-state index in [0.29, 0.717) is 6.42 Å². The number of carbonyl (C=O) groups is 1. The fourth-order valence-corrected chi connectivity index (χ4v) is 4.11. The Labute approximate surface area is 144 Å². The van der Waals surface area contributed by atoms with Crippen molar-refractivity contribution in [2.45, 2.75) is 77.4 Å². The summed E-state index contributed by atoms with van der Waals surface area (Å²) in [6.45, 7) is 5.61. The summed E-state index contributed by atoms with van der Waals surface area (Å²) in [5.74, 6) is 0.176. The van der Waals surface area contributed by atoms with Gasteiger partial charge in [-0.3, -0.25) is 0 Å². The van der Waals surface area contributed by atoms with Crippen molar-refractivity contribution in [3.8, 4) is 0 Å². The van der Waals surface area contributed by atoms with E-state index in [-0.39, 0.29) is 23.9 Å². The van der Waals surface area contributed by atoms with Crippen molar-refractivity contribution in [3.05, 3.63) is 34.7 Å². The average Bonchev–Trinajstić information content (AvgIpc) is 2.64. The minimum atomic E-state index is -0.487. The number of fused-ring (bicyclic) bond motifs is 2. The Balaban J connectivity index is 1.71. The SMILES string of the molecule is CC(C)(C)OC(=O)N[C@@H]1CCC2=C(C1)C1CC(F)=CC=C1CCC2. The van der Waals surface area contributed by atoms with Crippen molar-refractivity contribution in [2.75, 3.05) is 0 Å². The van der Waals surface area contributed by atoms with E-state index in [4.69, 9.17) is 4.74 Å². The zero-order valence-electron chi connectivity index (χ0n) is 15.0. The van der Waals surface area contributed by atoms with Crippen LogP contribution in [0.4, 0.5) is 9.18 Å². The lowest BCUT2D eigenvalue weighted by atomic mass is 9.76. The first kappa shape index (κ1) is 17.2. The first-order chi connectivity index (χ1) is 11.3. The van der Waals surface area contributed by atoms with Gasteiger partial charge >= 0.3 is 6.09 Å². The van der Waals surface area contributed by atoms with E-state index in [1.807, 2.05) is 26.8 Å². The van der Waals surface area contributed by atoms with Crippen LogP contribution in [0.2, 0.25) is 0 Å². The summed E-state index contributed by atoms with van der Waals surface area (Å²) in [4.78, 5) is 12.1. The third-order valence-electron chi connectivity index (χ3n) is 5.13. The predicted molar refractivity (Wildman–Crippen MR) is 93.3 cm³/mol. The molecule has 0 radical (unpaired) electrons. The largest absolute Gasteiger partial charge is 0.444 e. The highest BCUT2D eigenvalue weighted by Crippen LogP contribution is 2.44. The van der Waals surface area contributed by atoms with Gasteiger partial charge in [-0.25, -0.2) is 9.18 Å². The van der Waals surface area contributed by atoms with Crippen LogP contribution in [-0.2, 0) is 4.74 Å². The maximum Gasteiger partial charge on any atom is 0.407 e. The number of allylic oxidation sites excluding steroid dienone is 5. The maximum absolute atomic E-state index is 13.8. The number of hydrogen-bond donors (Lipinski definition) is 1. The molecule has 2 atom stereocenters. The molecule has 1 unspecified atom stereocenters. The summed E-state index contributed by atoms with van der Waals surface area (Å²) in [5.41, 5.74) is 3.74. The molecule has 1 amide bonds. The van der Waals surface area contributed by atoms with Gasteiger partial charge < -0.3 is 10.1 Å². The van der Waals surface area contributed by atoms with Gasteiger partial charge in [-0.2, -0.15) is 0 Å². The van der Waals surface area contributed by atoms with Crippen molar-refractivity contribution >= 4 is 6.09 Å². The molecule has 0 saturated carbocycles. The molecule has 0 bridgehead atoms. The minimum absolute atomic E-state index is 0.0280. The third kappa shape index (κ3) is 4.08. The summed E-state index contributed by atoms with van der Waals surface area (Å²) >= 11 is 0. The van der Waals surface area contributed by atoms with E-state index < -0.39 is 5.60 Å². The quantitative estimate of drug-likeness (QED) is 0.657. The Hall–Kier alpha value is -1.58. The molecular weight excluding hydrogens is 305 g/mol. The second kappa shape index (κ2) is 6.73. The second-order valence-electron chi connectivity index (χ2n) is 8.18. The minimum Gasteiger partial charge on any atom is -0.444 e. The monoisotopic (exact) mass is 333 g/mol. The van der Waals surface area contributed by atoms with Gasteiger partial charge in [-0.15, -0.1) is 0 Å². The van der Waals surface area contributed by atoms with Crippen molar-refractivity contribution < 1.29 is 13.9 Å². The molecule has 3 rings (SSSR count). The molecule has 4 heteroatoms.